The van der Waals surface area contributed by atoms with Gasteiger partial charge in [-0.3, -0.25) is 4.98 Å². The van der Waals surface area contributed by atoms with Crippen LogP contribution in [0.4, 0.5) is 5.88 Å². The van der Waals surface area contributed by atoms with Crippen molar-refractivity contribution < 1.29 is 4.52 Å². The van der Waals surface area contributed by atoms with Crippen molar-refractivity contribution in [3.05, 3.63) is 30.1 Å². The molecule has 0 aliphatic carbocycles. The second-order valence-electron chi connectivity index (χ2n) is 3.69. The van der Waals surface area contributed by atoms with Crippen LogP contribution in [0.3, 0.4) is 0 Å². The summed E-state index contributed by atoms with van der Waals surface area (Å²) in [6, 6.07) is 5.72. The summed E-state index contributed by atoms with van der Waals surface area (Å²) in [6.45, 7) is 2.14. The standard InChI is InChI=1S/C12H15N3O/c1-2-3-6-10-11(12(13)16-15-10)9-7-4-5-8-14-9/h4-5,7-8H,2-3,6,13H2,1H3. The van der Waals surface area contributed by atoms with Gasteiger partial charge >= 0.3 is 0 Å². The number of nitrogens with two attached hydrogens (primary N) is 1. The quantitative estimate of drug-likeness (QED) is 0.855. The first kappa shape index (κ1) is 10.7. The zero-order valence-electron chi connectivity index (χ0n) is 9.31. The van der Waals surface area contributed by atoms with Crippen molar-refractivity contribution in [2.45, 2.75) is 26.2 Å². The Labute approximate surface area is 94.5 Å². The first-order valence-electron chi connectivity index (χ1n) is 5.48. The van der Waals surface area contributed by atoms with E-state index in [0.29, 0.717) is 5.88 Å². The summed E-state index contributed by atoms with van der Waals surface area (Å²) in [6.07, 6.45) is 4.81. The average molecular weight is 217 g/mol. The number of unbranched alkanes of at least 4 members (excludes halogenated alkanes) is 1. The van der Waals surface area contributed by atoms with Crippen LogP contribution in [0.2, 0.25) is 0 Å². The lowest BCUT2D eigenvalue weighted by Crippen LogP contribution is -1.92. The van der Waals surface area contributed by atoms with E-state index in [4.69, 9.17) is 10.3 Å². The zero-order chi connectivity index (χ0) is 11.4. The second-order valence-corrected chi connectivity index (χ2v) is 3.69. The van der Waals surface area contributed by atoms with Crippen molar-refractivity contribution in [2.75, 3.05) is 5.73 Å². The Hall–Kier alpha value is -1.84. The Morgan fingerprint density at radius 3 is 2.94 bits per heavy atom. The molecule has 0 unspecified atom stereocenters. The molecule has 0 saturated carbocycles. The molecule has 0 amide bonds. The minimum atomic E-state index is 0.352. The normalized spacial score (nSPS) is 10.6. The van der Waals surface area contributed by atoms with Gasteiger partial charge in [0, 0.05) is 6.20 Å². The van der Waals surface area contributed by atoms with Gasteiger partial charge in [-0.1, -0.05) is 24.6 Å². The van der Waals surface area contributed by atoms with Gasteiger partial charge in [0.25, 0.3) is 0 Å². The predicted octanol–water partition coefficient (Wildman–Crippen LogP) is 2.66. The van der Waals surface area contributed by atoms with Crippen molar-refractivity contribution >= 4 is 5.88 Å². The molecule has 0 radical (unpaired) electrons. The largest absolute Gasteiger partial charge is 0.367 e. The molecule has 2 rings (SSSR count). The molecule has 0 spiro atoms. The fourth-order valence-corrected chi connectivity index (χ4v) is 1.64. The van der Waals surface area contributed by atoms with Gasteiger partial charge in [0.2, 0.25) is 5.88 Å². The summed E-state index contributed by atoms with van der Waals surface area (Å²) in [5.41, 5.74) is 8.34. The first-order valence-corrected chi connectivity index (χ1v) is 5.48. The summed E-state index contributed by atoms with van der Waals surface area (Å²) in [4.78, 5) is 4.27. The maximum Gasteiger partial charge on any atom is 0.231 e. The molecule has 4 heteroatoms. The molecule has 16 heavy (non-hydrogen) atoms. The van der Waals surface area contributed by atoms with Gasteiger partial charge in [-0.05, 0) is 25.0 Å². The zero-order valence-corrected chi connectivity index (χ0v) is 9.31. The summed E-state index contributed by atoms with van der Waals surface area (Å²) < 4.78 is 5.03. The van der Waals surface area contributed by atoms with E-state index in [9.17, 15) is 0 Å². The lowest BCUT2D eigenvalue weighted by Gasteiger charge is -2.00. The first-order chi connectivity index (χ1) is 7.83. The highest BCUT2D eigenvalue weighted by atomic mass is 16.5. The van der Waals surface area contributed by atoms with Crippen LogP contribution in [0.5, 0.6) is 0 Å². The third-order valence-electron chi connectivity index (χ3n) is 2.48. The number of hydrogen-bond acceptors (Lipinski definition) is 4. The number of rotatable bonds is 4. The van der Waals surface area contributed by atoms with Gasteiger partial charge in [0.15, 0.2) is 0 Å². The van der Waals surface area contributed by atoms with Crippen LogP contribution in [0.25, 0.3) is 11.3 Å². The smallest absolute Gasteiger partial charge is 0.231 e. The molecule has 0 aromatic carbocycles. The predicted molar refractivity (Wildman–Crippen MR) is 62.8 cm³/mol. The average Bonchev–Trinajstić information content (AvgIpc) is 2.69. The van der Waals surface area contributed by atoms with Crippen molar-refractivity contribution in [3.8, 4) is 11.3 Å². The summed E-state index contributed by atoms with van der Waals surface area (Å²) in [5.74, 6) is 0.352. The van der Waals surface area contributed by atoms with Crippen LogP contribution in [0.1, 0.15) is 25.5 Å². The third kappa shape index (κ3) is 2.05. The molecular formula is C12H15N3O. The fraction of sp³-hybridized carbons (Fsp3) is 0.333. The molecular weight excluding hydrogens is 202 g/mol. The molecule has 2 aromatic rings. The molecule has 2 heterocycles. The lowest BCUT2D eigenvalue weighted by atomic mass is 10.1. The van der Waals surface area contributed by atoms with E-state index >= 15 is 0 Å². The van der Waals surface area contributed by atoms with Crippen LogP contribution in [-0.2, 0) is 6.42 Å². The minimum Gasteiger partial charge on any atom is -0.367 e. The number of aryl methyl sites for hydroxylation is 1. The highest BCUT2D eigenvalue weighted by Crippen LogP contribution is 2.28. The molecule has 0 fully saturated rings. The molecule has 0 saturated heterocycles. The van der Waals surface area contributed by atoms with Gasteiger partial charge in [-0.2, -0.15) is 0 Å². The fourth-order valence-electron chi connectivity index (χ4n) is 1.64. The van der Waals surface area contributed by atoms with Crippen LogP contribution < -0.4 is 5.73 Å². The van der Waals surface area contributed by atoms with Crippen LogP contribution in [0, 0.1) is 0 Å². The summed E-state index contributed by atoms with van der Waals surface area (Å²) >= 11 is 0. The SMILES string of the molecule is CCCCc1noc(N)c1-c1ccccn1. The highest BCUT2D eigenvalue weighted by molar-refractivity contribution is 5.71. The monoisotopic (exact) mass is 217 g/mol. The van der Waals surface area contributed by atoms with Crippen molar-refractivity contribution in [1.29, 1.82) is 0 Å². The third-order valence-corrected chi connectivity index (χ3v) is 2.48. The topological polar surface area (TPSA) is 64.9 Å². The molecule has 0 aliphatic heterocycles. The van der Waals surface area contributed by atoms with Crippen LogP contribution in [-0.4, -0.2) is 10.1 Å². The van der Waals surface area contributed by atoms with Crippen molar-refractivity contribution in [2.24, 2.45) is 0 Å². The Morgan fingerprint density at radius 2 is 2.25 bits per heavy atom. The Bertz CT molecular complexity index is 451. The molecule has 0 aliphatic rings. The van der Waals surface area contributed by atoms with E-state index < -0.39 is 0 Å². The molecule has 4 nitrogen and oxygen atoms in total. The number of anilines is 1. The van der Waals surface area contributed by atoms with E-state index in [0.717, 1.165) is 36.2 Å². The summed E-state index contributed by atoms with van der Waals surface area (Å²) in [5, 5.41) is 3.99. The minimum absolute atomic E-state index is 0.352. The maximum atomic E-state index is 5.78. The Kier molecular flexibility index (Phi) is 3.19. The van der Waals surface area contributed by atoms with Gasteiger partial charge in [0.1, 0.15) is 0 Å². The van der Waals surface area contributed by atoms with Crippen molar-refractivity contribution in [3.63, 3.8) is 0 Å². The van der Waals surface area contributed by atoms with Gasteiger partial charge in [-0.15, -0.1) is 0 Å². The van der Waals surface area contributed by atoms with Crippen LogP contribution >= 0.6 is 0 Å². The van der Waals surface area contributed by atoms with Crippen LogP contribution in [0.15, 0.2) is 28.9 Å². The van der Waals surface area contributed by atoms with E-state index in [1.165, 1.54) is 0 Å². The van der Waals surface area contributed by atoms with E-state index in [1.807, 2.05) is 18.2 Å². The molecule has 2 aromatic heterocycles. The number of nitrogen functional groups attached to an aromatic ring is 1. The molecule has 0 bridgehead atoms. The second kappa shape index (κ2) is 4.79. The number of hydrogen-bond donors (Lipinski definition) is 1. The molecule has 84 valence electrons. The number of nitrogens with zero attached hydrogens (tertiary/aromatic N) is 2. The van der Waals surface area contributed by atoms with E-state index in [-0.39, 0.29) is 0 Å². The molecule has 0 atom stereocenters. The maximum absolute atomic E-state index is 5.78. The number of pyridine rings is 1. The van der Waals surface area contributed by atoms with Crippen molar-refractivity contribution in [1.82, 2.24) is 10.1 Å². The lowest BCUT2D eigenvalue weighted by molar-refractivity contribution is 0.426. The number of aromatic nitrogens is 2. The van der Waals surface area contributed by atoms with E-state index in [2.05, 4.69) is 17.1 Å². The molecule has 2 N–H and O–H groups in total. The Balaban J connectivity index is 2.35. The van der Waals surface area contributed by atoms with Gasteiger partial charge < -0.3 is 10.3 Å². The van der Waals surface area contributed by atoms with Gasteiger partial charge in [0.05, 0.1) is 17.0 Å². The Morgan fingerprint density at radius 1 is 1.38 bits per heavy atom. The summed E-state index contributed by atoms with van der Waals surface area (Å²) in [7, 11) is 0. The van der Waals surface area contributed by atoms with Gasteiger partial charge in [-0.25, -0.2) is 0 Å². The van der Waals surface area contributed by atoms with E-state index in [1.54, 1.807) is 6.20 Å². The highest BCUT2D eigenvalue weighted by Gasteiger charge is 2.15.